The molecule has 0 radical (unpaired) electrons. The first kappa shape index (κ1) is 16.2. The molecule has 1 aromatic rings. The summed E-state index contributed by atoms with van der Waals surface area (Å²) in [5.74, 6) is -1.74. The van der Waals surface area contributed by atoms with Gasteiger partial charge in [0, 0.05) is 19.5 Å². The number of nitrogens with zero attached hydrogens (tertiary/aromatic N) is 1. The molecular formula is C16H23NO3. The van der Waals surface area contributed by atoms with Gasteiger partial charge in [-0.2, -0.15) is 0 Å². The Morgan fingerprint density at radius 3 is 2.15 bits per heavy atom. The van der Waals surface area contributed by atoms with E-state index in [0.29, 0.717) is 13.1 Å². The van der Waals surface area contributed by atoms with Gasteiger partial charge in [0.1, 0.15) is 0 Å². The van der Waals surface area contributed by atoms with Crippen LogP contribution in [0.15, 0.2) is 30.3 Å². The monoisotopic (exact) mass is 277 g/mol. The summed E-state index contributed by atoms with van der Waals surface area (Å²) in [7, 11) is 0. The largest absolute Gasteiger partial charge is 0.481 e. The smallest absolute Gasteiger partial charge is 0.311 e. The van der Waals surface area contributed by atoms with Gasteiger partial charge in [-0.3, -0.25) is 9.59 Å². The summed E-state index contributed by atoms with van der Waals surface area (Å²) in [5, 5.41) is 9.44. The fourth-order valence-electron chi connectivity index (χ4n) is 2.47. The Hall–Kier alpha value is -1.84. The average Bonchev–Trinajstić information content (AvgIpc) is 2.40. The lowest BCUT2D eigenvalue weighted by atomic mass is 9.85. The van der Waals surface area contributed by atoms with Crippen molar-refractivity contribution in [3.63, 3.8) is 0 Å². The van der Waals surface area contributed by atoms with Crippen molar-refractivity contribution in [2.45, 2.75) is 33.1 Å². The number of rotatable bonds is 7. The van der Waals surface area contributed by atoms with Crippen LogP contribution in [0, 0.1) is 5.92 Å². The van der Waals surface area contributed by atoms with Gasteiger partial charge in [-0.05, 0) is 25.3 Å². The summed E-state index contributed by atoms with van der Waals surface area (Å²) in [5.41, 5.74) is 0.750. The second-order valence-electron chi connectivity index (χ2n) is 4.97. The van der Waals surface area contributed by atoms with Crippen LogP contribution >= 0.6 is 0 Å². The van der Waals surface area contributed by atoms with Crippen LogP contribution in [0.5, 0.6) is 0 Å². The number of amides is 1. The lowest BCUT2D eigenvalue weighted by molar-refractivity contribution is -0.140. The molecule has 0 aromatic heterocycles. The second kappa shape index (κ2) is 7.68. The highest BCUT2D eigenvalue weighted by Gasteiger charge is 2.28. The molecule has 1 aromatic carbocycles. The molecular weight excluding hydrogens is 254 g/mol. The van der Waals surface area contributed by atoms with Crippen molar-refractivity contribution in [2.24, 2.45) is 5.92 Å². The topological polar surface area (TPSA) is 57.6 Å². The van der Waals surface area contributed by atoms with Crippen LogP contribution in [0.1, 0.15) is 38.7 Å². The highest BCUT2D eigenvalue weighted by molar-refractivity contribution is 5.80. The van der Waals surface area contributed by atoms with Gasteiger partial charge in [-0.15, -0.1) is 0 Å². The molecule has 20 heavy (non-hydrogen) atoms. The van der Waals surface area contributed by atoms with Crippen molar-refractivity contribution in [1.82, 2.24) is 4.90 Å². The van der Waals surface area contributed by atoms with E-state index in [1.165, 1.54) is 0 Å². The molecule has 0 aliphatic heterocycles. The van der Waals surface area contributed by atoms with Gasteiger partial charge in [-0.25, -0.2) is 0 Å². The quantitative estimate of drug-likeness (QED) is 0.833. The molecule has 0 unspecified atom stereocenters. The maximum atomic E-state index is 12.1. The molecule has 0 aliphatic rings. The summed E-state index contributed by atoms with van der Waals surface area (Å²) in [4.78, 5) is 25.4. The zero-order valence-corrected chi connectivity index (χ0v) is 12.4. The fraction of sp³-hybridized carbons (Fsp3) is 0.500. The summed E-state index contributed by atoms with van der Waals surface area (Å²) < 4.78 is 0. The highest BCUT2D eigenvalue weighted by Crippen LogP contribution is 2.27. The number of benzene rings is 1. The molecule has 4 nitrogen and oxygen atoms in total. The van der Waals surface area contributed by atoms with Crippen LogP contribution in [0.25, 0.3) is 0 Å². The van der Waals surface area contributed by atoms with Gasteiger partial charge < -0.3 is 10.0 Å². The van der Waals surface area contributed by atoms with E-state index in [4.69, 9.17) is 0 Å². The van der Waals surface area contributed by atoms with Crippen molar-refractivity contribution in [3.8, 4) is 0 Å². The Labute approximate surface area is 120 Å². The predicted octanol–water partition coefficient (Wildman–Crippen LogP) is 2.75. The van der Waals surface area contributed by atoms with Gasteiger partial charge in [0.25, 0.3) is 0 Å². The van der Waals surface area contributed by atoms with Crippen LogP contribution in [-0.4, -0.2) is 35.0 Å². The number of carbonyl (C=O) groups excluding carboxylic acids is 1. The van der Waals surface area contributed by atoms with Crippen molar-refractivity contribution >= 4 is 11.9 Å². The van der Waals surface area contributed by atoms with Crippen molar-refractivity contribution in [2.75, 3.05) is 13.1 Å². The van der Waals surface area contributed by atoms with Crippen LogP contribution < -0.4 is 0 Å². The molecule has 0 spiro atoms. The van der Waals surface area contributed by atoms with Gasteiger partial charge in [0.2, 0.25) is 5.91 Å². The average molecular weight is 277 g/mol. The minimum atomic E-state index is -0.879. The zero-order chi connectivity index (χ0) is 15.1. The van der Waals surface area contributed by atoms with E-state index in [-0.39, 0.29) is 18.2 Å². The number of carbonyl (C=O) groups is 2. The number of hydrogen-bond acceptors (Lipinski definition) is 2. The summed E-state index contributed by atoms with van der Waals surface area (Å²) >= 11 is 0. The molecule has 0 heterocycles. The van der Waals surface area contributed by atoms with Crippen molar-refractivity contribution in [3.05, 3.63) is 35.9 Å². The maximum absolute atomic E-state index is 12.1. The first-order valence-corrected chi connectivity index (χ1v) is 7.06. The third kappa shape index (κ3) is 4.08. The summed E-state index contributed by atoms with van der Waals surface area (Å²) in [6.45, 7) is 7.00. The van der Waals surface area contributed by atoms with Crippen LogP contribution in [0.4, 0.5) is 0 Å². The molecule has 0 saturated heterocycles. The minimum Gasteiger partial charge on any atom is -0.481 e. The van der Waals surface area contributed by atoms with E-state index < -0.39 is 11.9 Å². The highest BCUT2D eigenvalue weighted by atomic mass is 16.4. The Balaban J connectivity index is 2.83. The van der Waals surface area contributed by atoms with Crippen molar-refractivity contribution < 1.29 is 14.7 Å². The zero-order valence-electron chi connectivity index (χ0n) is 12.4. The standard InChI is InChI=1S/C16H23NO3/c1-4-17(5-2)14(18)11-12(3)15(16(19)20)13-9-7-6-8-10-13/h6-10,12,15H,4-5,11H2,1-3H3,(H,19,20)/t12-,15-/m1/s1. The van der Waals surface area contributed by atoms with Gasteiger partial charge in [0.15, 0.2) is 0 Å². The number of hydrogen-bond donors (Lipinski definition) is 1. The van der Waals surface area contributed by atoms with Gasteiger partial charge >= 0.3 is 5.97 Å². The second-order valence-corrected chi connectivity index (χ2v) is 4.97. The van der Waals surface area contributed by atoms with E-state index in [1.807, 2.05) is 39.0 Å². The first-order chi connectivity index (χ1) is 9.51. The Bertz CT molecular complexity index is 440. The van der Waals surface area contributed by atoms with E-state index in [1.54, 1.807) is 17.0 Å². The summed E-state index contributed by atoms with van der Waals surface area (Å²) in [6.07, 6.45) is 0.257. The van der Waals surface area contributed by atoms with Crippen LogP contribution in [0.2, 0.25) is 0 Å². The van der Waals surface area contributed by atoms with E-state index in [9.17, 15) is 14.7 Å². The van der Waals surface area contributed by atoms with E-state index in [0.717, 1.165) is 5.56 Å². The Morgan fingerprint density at radius 1 is 1.15 bits per heavy atom. The molecule has 4 heteroatoms. The molecule has 0 saturated carbocycles. The fourth-order valence-corrected chi connectivity index (χ4v) is 2.47. The molecule has 2 atom stereocenters. The molecule has 1 N–H and O–H groups in total. The molecule has 0 bridgehead atoms. The first-order valence-electron chi connectivity index (χ1n) is 7.06. The normalized spacial score (nSPS) is 13.6. The molecule has 0 aliphatic carbocycles. The third-order valence-electron chi connectivity index (χ3n) is 3.61. The van der Waals surface area contributed by atoms with E-state index in [2.05, 4.69) is 0 Å². The number of carboxylic acid groups (broad SMARTS) is 1. The van der Waals surface area contributed by atoms with Gasteiger partial charge in [-0.1, -0.05) is 37.3 Å². The van der Waals surface area contributed by atoms with Crippen LogP contribution in [-0.2, 0) is 9.59 Å². The SMILES string of the molecule is CCN(CC)C(=O)C[C@@H](C)[C@@H](C(=O)O)c1ccccc1. The third-order valence-corrected chi connectivity index (χ3v) is 3.61. The van der Waals surface area contributed by atoms with Gasteiger partial charge in [0.05, 0.1) is 5.92 Å². The van der Waals surface area contributed by atoms with E-state index >= 15 is 0 Å². The molecule has 0 fully saturated rings. The lowest BCUT2D eigenvalue weighted by Gasteiger charge is -2.24. The van der Waals surface area contributed by atoms with Crippen LogP contribution in [0.3, 0.4) is 0 Å². The minimum absolute atomic E-state index is 0.0182. The number of aliphatic carboxylic acids is 1. The Kier molecular flexibility index (Phi) is 6.22. The summed E-state index contributed by atoms with van der Waals surface area (Å²) in [6, 6.07) is 9.11. The molecule has 1 amide bonds. The predicted molar refractivity (Wildman–Crippen MR) is 78.5 cm³/mol. The Morgan fingerprint density at radius 2 is 1.70 bits per heavy atom. The lowest BCUT2D eigenvalue weighted by Crippen LogP contribution is -2.33. The molecule has 110 valence electrons. The molecule has 1 rings (SSSR count). The maximum Gasteiger partial charge on any atom is 0.311 e. The number of carboxylic acids is 1. The van der Waals surface area contributed by atoms with Crippen molar-refractivity contribution in [1.29, 1.82) is 0 Å².